The Morgan fingerprint density at radius 3 is 2.61 bits per heavy atom. The van der Waals surface area contributed by atoms with Crippen LogP contribution in [0.5, 0.6) is 5.75 Å². The Balaban J connectivity index is 1.66. The summed E-state index contributed by atoms with van der Waals surface area (Å²) in [6, 6.07) is 8.10. The Morgan fingerprint density at radius 2 is 1.94 bits per heavy atom. The molecule has 0 bridgehead atoms. The first-order chi connectivity index (χ1) is 16.0. The molecule has 1 aromatic heterocycles. The molecule has 8 nitrogen and oxygen atoms in total. The van der Waals surface area contributed by atoms with Gasteiger partial charge in [-0.2, -0.15) is 0 Å². The summed E-state index contributed by atoms with van der Waals surface area (Å²) in [6.45, 7) is 6.58. The van der Waals surface area contributed by atoms with Gasteiger partial charge in [0, 0.05) is 30.9 Å². The number of aliphatic hydroxyl groups is 1. The third-order valence-corrected chi connectivity index (χ3v) is 6.36. The van der Waals surface area contributed by atoms with Crippen molar-refractivity contribution in [2.24, 2.45) is 0 Å². The number of carbonyl (C=O) groups is 2. The first-order valence-corrected chi connectivity index (χ1v) is 11.3. The average molecular weight is 453 g/mol. The lowest BCUT2D eigenvalue weighted by atomic mass is 9.95. The van der Waals surface area contributed by atoms with Gasteiger partial charge in [-0.15, -0.1) is 0 Å². The fraction of sp³-hybridized carbons (Fsp3) is 0.400. The maximum absolute atomic E-state index is 13.1. The standard InChI is InChI=1S/C25H29N3O5/c1-17-16-19(4-5-20(17)32-2)23(29)21-22(18-6-8-26-9-7-18)28(25(31)24(21)30)11-3-10-27-12-14-33-15-13-27/h4-9,16,22,29H,3,10-15H2,1-2H3/p+1. The van der Waals surface area contributed by atoms with E-state index < -0.39 is 17.7 Å². The molecule has 174 valence electrons. The predicted octanol–water partition coefficient (Wildman–Crippen LogP) is 1.13. The van der Waals surface area contributed by atoms with Crippen LogP contribution in [-0.2, 0) is 14.3 Å². The van der Waals surface area contributed by atoms with Crippen LogP contribution in [-0.4, -0.2) is 73.2 Å². The number of aromatic nitrogens is 1. The van der Waals surface area contributed by atoms with Crippen LogP contribution in [0.3, 0.4) is 0 Å². The van der Waals surface area contributed by atoms with Gasteiger partial charge in [0.2, 0.25) is 0 Å². The first-order valence-electron chi connectivity index (χ1n) is 11.3. The summed E-state index contributed by atoms with van der Waals surface area (Å²) in [4.78, 5) is 33.3. The van der Waals surface area contributed by atoms with Crippen LogP contribution in [0.25, 0.3) is 5.76 Å². The van der Waals surface area contributed by atoms with E-state index >= 15 is 0 Å². The number of likely N-dealkylation sites (tertiary alicyclic amines) is 1. The molecular weight excluding hydrogens is 422 g/mol. The highest BCUT2D eigenvalue weighted by molar-refractivity contribution is 6.46. The number of rotatable bonds is 7. The Labute approximate surface area is 193 Å². The van der Waals surface area contributed by atoms with Gasteiger partial charge in [-0.05, 0) is 48.4 Å². The van der Waals surface area contributed by atoms with Gasteiger partial charge >= 0.3 is 0 Å². The van der Waals surface area contributed by atoms with Crippen molar-refractivity contribution in [2.45, 2.75) is 19.4 Å². The highest BCUT2D eigenvalue weighted by atomic mass is 16.5. The second-order valence-corrected chi connectivity index (χ2v) is 8.42. The van der Waals surface area contributed by atoms with Crippen molar-refractivity contribution < 1.29 is 29.1 Å². The zero-order valence-electron chi connectivity index (χ0n) is 19.0. The molecule has 0 radical (unpaired) electrons. The highest BCUT2D eigenvalue weighted by Crippen LogP contribution is 2.39. The average Bonchev–Trinajstić information content (AvgIpc) is 3.10. The van der Waals surface area contributed by atoms with E-state index in [2.05, 4.69) is 4.98 Å². The molecule has 0 saturated carbocycles. The molecule has 1 unspecified atom stereocenters. The number of nitrogens with zero attached hydrogens (tertiary/aromatic N) is 2. The molecule has 2 aliphatic rings. The number of aliphatic hydroxyl groups excluding tert-OH is 1. The molecule has 2 fully saturated rings. The summed E-state index contributed by atoms with van der Waals surface area (Å²) in [6.07, 6.45) is 4.02. The Bertz CT molecular complexity index is 1050. The molecule has 4 rings (SSSR count). The molecule has 2 aliphatic heterocycles. The van der Waals surface area contributed by atoms with E-state index in [9.17, 15) is 14.7 Å². The largest absolute Gasteiger partial charge is 0.507 e. The molecular formula is C25H30N3O5+. The second kappa shape index (κ2) is 10.1. The minimum Gasteiger partial charge on any atom is -0.507 e. The van der Waals surface area contributed by atoms with E-state index in [1.54, 1.807) is 54.7 Å². The molecule has 2 saturated heterocycles. The van der Waals surface area contributed by atoms with Gasteiger partial charge in [-0.25, -0.2) is 0 Å². The van der Waals surface area contributed by atoms with Gasteiger partial charge in [0.25, 0.3) is 11.7 Å². The van der Waals surface area contributed by atoms with Crippen LogP contribution in [0.1, 0.15) is 29.2 Å². The molecule has 1 aromatic carbocycles. The summed E-state index contributed by atoms with van der Waals surface area (Å²) in [5, 5.41) is 11.2. The molecule has 33 heavy (non-hydrogen) atoms. The van der Waals surface area contributed by atoms with Crippen molar-refractivity contribution in [1.82, 2.24) is 9.88 Å². The van der Waals surface area contributed by atoms with Crippen molar-refractivity contribution in [3.05, 3.63) is 65.0 Å². The number of aryl methyl sites for hydroxylation is 1. The number of amides is 1. The predicted molar refractivity (Wildman–Crippen MR) is 122 cm³/mol. The molecule has 2 N–H and O–H groups in total. The monoisotopic (exact) mass is 452 g/mol. The Kier molecular flexibility index (Phi) is 7.05. The highest BCUT2D eigenvalue weighted by Gasteiger charge is 2.45. The van der Waals surface area contributed by atoms with Crippen molar-refractivity contribution in [2.75, 3.05) is 46.5 Å². The van der Waals surface area contributed by atoms with Crippen LogP contribution < -0.4 is 9.64 Å². The van der Waals surface area contributed by atoms with Crippen LogP contribution in [0.4, 0.5) is 0 Å². The van der Waals surface area contributed by atoms with Crippen molar-refractivity contribution in [3.8, 4) is 5.75 Å². The van der Waals surface area contributed by atoms with Gasteiger partial charge in [-0.3, -0.25) is 14.6 Å². The molecule has 3 heterocycles. The number of ether oxygens (including phenoxy) is 2. The minimum atomic E-state index is -0.665. The van der Waals surface area contributed by atoms with Crippen LogP contribution in [0.2, 0.25) is 0 Å². The van der Waals surface area contributed by atoms with Gasteiger partial charge in [0.1, 0.15) is 24.6 Å². The summed E-state index contributed by atoms with van der Waals surface area (Å²) in [5.41, 5.74) is 2.15. The fourth-order valence-electron chi connectivity index (χ4n) is 4.59. The summed E-state index contributed by atoms with van der Waals surface area (Å²) < 4.78 is 10.7. The number of benzene rings is 1. The third-order valence-electron chi connectivity index (χ3n) is 6.36. The number of Topliss-reactive ketones (excluding diaryl/α,β-unsaturated/α-hetero) is 1. The van der Waals surface area contributed by atoms with Gasteiger partial charge < -0.3 is 24.4 Å². The number of hydrogen-bond acceptors (Lipinski definition) is 6. The van der Waals surface area contributed by atoms with E-state index in [0.29, 0.717) is 17.9 Å². The van der Waals surface area contributed by atoms with Crippen LogP contribution in [0.15, 0.2) is 48.3 Å². The number of quaternary nitrogens is 1. The third kappa shape index (κ3) is 4.77. The van der Waals surface area contributed by atoms with Crippen LogP contribution >= 0.6 is 0 Å². The number of carbonyl (C=O) groups excluding carboxylic acids is 2. The number of methoxy groups -OCH3 is 1. The molecule has 1 amide bonds. The van der Waals surface area contributed by atoms with E-state index in [4.69, 9.17) is 9.47 Å². The van der Waals surface area contributed by atoms with E-state index in [1.165, 1.54) is 4.90 Å². The van der Waals surface area contributed by atoms with E-state index in [0.717, 1.165) is 50.4 Å². The van der Waals surface area contributed by atoms with Crippen molar-refractivity contribution >= 4 is 17.4 Å². The zero-order chi connectivity index (χ0) is 23.4. The molecule has 2 aromatic rings. The quantitative estimate of drug-likeness (QED) is 0.372. The summed E-state index contributed by atoms with van der Waals surface area (Å²) >= 11 is 0. The molecule has 0 spiro atoms. The molecule has 0 aliphatic carbocycles. The number of ketones is 1. The Morgan fingerprint density at radius 1 is 1.21 bits per heavy atom. The maximum Gasteiger partial charge on any atom is 0.295 e. The fourth-order valence-corrected chi connectivity index (χ4v) is 4.59. The lowest BCUT2D eigenvalue weighted by molar-refractivity contribution is -0.908. The van der Waals surface area contributed by atoms with Crippen molar-refractivity contribution in [3.63, 3.8) is 0 Å². The number of nitrogens with one attached hydrogen (secondary N) is 1. The Hall–Kier alpha value is -3.23. The lowest BCUT2D eigenvalue weighted by Crippen LogP contribution is -3.14. The normalized spacial score (nSPS) is 20.9. The summed E-state index contributed by atoms with van der Waals surface area (Å²) in [5.74, 6) is -0.743. The van der Waals surface area contributed by atoms with E-state index in [-0.39, 0.29) is 11.3 Å². The van der Waals surface area contributed by atoms with E-state index in [1.807, 2.05) is 6.92 Å². The number of morpholine rings is 1. The topological polar surface area (TPSA) is 93.4 Å². The van der Waals surface area contributed by atoms with Gasteiger partial charge in [-0.1, -0.05) is 0 Å². The summed E-state index contributed by atoms with van der Waals surface area (Å²) in [7, 11) is 1.58. The van der Waals surface area contributed by atoms with Gasteiger partial charge in [0.05, 0.1) is 38.5 Å². The molecule has 8 heteroatoms. The van der Waals surface area contributed by atoms with Crippen molar-refractivity contribution in [1.29, 1.82) is 0 Å². The first kappa shape index (κ1) is 22.9. The number of pyridine rings is 1. The number of hydrogen-bond donors (Lipinski definition) is 2. The second-order valence-electron chi connectivity index (χ2n) is 8.42. The lowest BCUT2D eigenvalue weighted by Gasteiger charge is -2.27. The van der Waals surface area contributed by atoms with Crippen LogP contribution in [0, 0.1) is 6.92 Å². The minimum absolute atomic E-state index is 0.106. The maximum atomic E-state index is 13.1. The van der Waals surface area contributed by atoms with Gasteiger partial charge in [0.15, 0.2) is 0 Å². The zero-order valence-corrected chi connectivity index (χ0v) is 19.0. The smallest absolute Gasteiger partial charge is 0.295 e. The molecule has 1 atom stereocenters. The SMILES string of the molecule is COc1ccc(C(O)=C2C(=O)C(=O)N(CCC[NH+]3CCOCC3)C2c2ccncc2)cc1C.